The topological polar surface area (TPSA) is 62.3 Å². The zero-order chi connectivity index (χ0) is 14.8. The molecule has 5 nitrogen and oxygen atoms in total. The van der Waals surface area contributed by atoms with Gasteiger partial charge in [0.25, 0.3) is 0 Å². The fourth-order valence-corrected chi connectivity index (χ4v) is 1.79. The van der Waals surface area contributed by atoms with Crippen molar-refractivity contribution in [3.05, 3.63) is 30.1 Å². The molecule has 0 atom stereocenters. The molecule has 1 rings (SSSR count). The third-order valence-corrected chi connectivity index (χ3v) is 3.03. The van der Waals surface area contributed by atoms with Gasteiger partial charge in [-0.15, -0.1) is 0 Å². The van der Waals surface area contributed by atoms with Crippen LogP contribution in [-0.4, -0.2) is 34.8 Å². The van der Waals surface area contributed by atoms with Crippen LogP contribution in [0.4, 0.5) is 0 Å². The van der Waals surface area contributed by atoms with Gasteiger partial charge in [-0.05, 0) is 24.1 Å². The molecule has 1 heterocycles. The largest absolute Gasteiger partial charge is 0.356 e. The van der Waals surface area contributed by atoms with Crippen molar-refractivity contribution in [2.75, 3.05) is 13.1 Å². The van der Waals surface area contributed by atoms with Gasteiger partial charge in [0.15, 0.2) is 0 Å². The average molecular weight is 277 g/mol. The number of carbonyl (C=O) groups is 2. The number of nitrogens with one attached hydrogen (secondary N) is 1. The number of aromatic nitrogens is 1. The maximum Gasteiger partial charge on any atom is 0.221 e. The van der Waals surface area contributed by atoms with Gasteiger partial charge in [0, 0.05) is 45.4 Å². The second kappa shape index (κ2) is 9.07. The standard InChI is InChI=1S/C15H23N3O2/c1-3-4-8-17-15(20)7-11-18(13(2)19)12-14-5-9-16-10-6-14/h5-6,9-10H,3-4,7-8,11-12H2,1-2H3,(H,17,20). The molecule has 1 aromatic heterocycles. The Balaban J connectivity index is 2.40. The maximum atomic E-state index is 11.6. The van der Waals surface area contributed by atoms with Crippen LogP contribution in [-0.2, 0) is 16.1 Å². The van der Waals surface area contributed by atoms with Crippen LogP contribution in [0.15, 0.2) is 24.5 Å². The Morgan fingerprint density at radius 3 is 2.60 bits per heavy atom. The van der Waals surface area contributed by atoms with E-state index in [1.54, 1.807) is 17.3 Å². The van der Waals surface area contributed by atoms with Crippen LogP contribution < -0.4 is 5.32 Å². The van der Waals surface area contributed by atoms with Gasteiger partial charge in [0.05, 0.1) is 0 Å². The Morgan fingerprint density at radius 2 is 2.00 bits per heavy atom. The zero-order valence-corrected chi connectivity index (χ0v) is 12.3. The first-order valence-electron chi connectivity index (χ1n) is 7.04. The van der Waals surface area contributed by atoms with Crippen molar-refractivity contribution in [3.63, 3.8) is 0 Å². The van der Waals surface area contributed by atoms with Gasteiger partial charge >= 0.3 is 0 Å². The van der Waals surface area contributed by atoms with Crippen LogP contribution in [0.25, 0.3) is 0 Å². The van der Waals surface area contributed by atoms with Crippen molar-refractivity contribution in [3.8, 4) is 0 Å². The molecule has 0 aliphatic rings. The minimum absolute atomic E-state index is 0.000529. The van der Waals surface area contributed by atoms with Crippen molar-refractivity contribution < 1.29 is 9.59 Å². The Hall–Kier alpha value is -1.91. The summed E-state index contributed by atoms with van der Waals surface area (Å²) in [6, 6.07) is 3.74. The molecular formula is C15H23N3O2. The highest BCUT2D eigenvalue weighted by molar-refractivity contribution is 5.77. The first-order chi connectivity index (χ1) is 9.63. The molecule has 0 aliphatic carbocycles. The minimum Gasteiger partial charge on any atom is -0.356 e. The van der Waals surface area contributed by atoms with Crippen LogP contribution in [0.5, 0.6) is 0 Å². The molecule has 0 unspecified atom stereocenters. The number of unbranched alkanes of at least 4 members (excludes halogenated alkanes) is 1. The van der Waals surface area contributed by atoms with E-state index < -0.39 is 0 Å². The molecule has 0 aromatic carbocycles. The Labute approximate surface area is 120 Å². The monoisotopic (exact) mass is 277 g/mol. The van der Waals surface area contributed by atoms with E-state index in [0.29, 0.717) is 26.1 Å². The van der Waals surface area contributed by atoms with Gasteiger partial charge in [0.2, 0.25) is 11.8 Å². The summed E-state index contributed by atoms with van der Waals surface area (Å²) in [5.74, 6) is -0.0254. The summed E-state index contributed by atoms with van der Waals surface area (Å²) in [5.41, 5.74) is 1.02. The van der Waals surface area contributed by atoms with Crippen molar-refractivity contribution in [1.29, 1.82) is 0 Å². The predicted molar refractivity (Wildman–Crippen MR) is 77.9 cm³/mol. The van der Waals surface area contributed by atoms with Gasteiger partial charge in [-0.25, -0.2) is 0 Å². The van der Waals surface area contributed by atoms with E-state index >= 15 is 0 Å². The molecule has 110 valence electrons. The van der Waals surface area contributed by atoms with Gasteiger partial charge in [-0.3, -0.25) is 14.6 Å². The van der Waals surface area contributed by atoms with Gasteiger partial charge in [0.1, 0.15) is 0 Å². The normalized spacial score (nSPS) is 10.1. The van der Waals surface area contributed by atoms with Crippen LogP contribution in [0, 0.1) is 0 Å². The fourth-order valence-electron chi connectivity index (χ4n) is 1.79. The van der Waals surface area contributed by atoms with Crippen LogP contribution >= 0.6 is 0 Å². The van der Waals surface area contributed by atoms with Gasteiger partial charge in [-0.1, -0.05) is 13.3 Å². The quantitative estimate of drug-likeness (QED) is 0.736. The zero-order valence-electron chi connectivity index (χ0n) is 12.3. The Kier molecular flexibility index (Phi) is 7.32. The highest BCUT2D eigenvalue weighted by Crippen LogP contribution is 2.04. The summed E-state index contributed by atoms with van der Waals surface area (Å²) < 4.78 is 0. The van der Waals surface area contributed by atoms with E-state index in [2.05, 4.69) is 17.2 Å². The minimum atomic E-state index is -0.0248. The number of amides is 2. The van der Waals surface area contributed by atoms with Crippen LogP contribution in [0.3, 0.4) is 0 Å². The van der Waals surface area contributed by atoms with Crippen LogP contribution in [0.2, 0.25) is 0 Å². The third kappa shape index (κ3) is 6.31. The number of carbonyl (C=O) groups excluding carboxylic acids is 2. The molecule has 2 amide bonds. The first-order valence-corrected chi connectivity index (χ1v) is 7.04. The molecule has 20 heavy (non-hydrogen) atoms. The lowest BCUT2D eigenvalue weighted by atomic mass is 10.2. The second-order valence-corrected chi connectivity index (χ2v) is 4.75. The molecule has 0 aliphatic heterocycles. The predicted octanol–water partition coefficient (Wildman–Crippen LogP) is 1.74. The molecule has 1 aromatic rings. The molecule has 0 radical (unpaired) electrons. The van der Waals surface area contributed by atoms with E-state index in [1.165, 1.54) is 6.92 Å². The molecular weight excluding hydrogens is 254 g/mol. The summed E-state index contributed by atoms with van der Waals surface area (Å²) in [6.45, 7) is 5.27. The van der Waals surface area contributed by atoms with Crippen molar-refractivity contribution in [1.82, 2.24) is 15.2 Å². The second-order valence-electron chi connectivity index (χ2n) is 4.75. The summed E-state index contributed by atoms with van der Waals surface area (Å²) in [4.78, 5) is 28.9. The number of nitrogens with zero attached hydrogens (tertiary/aromatic N) is 2. The lowest BCUT2D eigenvalue weighted by Gasteiger charge is -2.20. The molecule has 0 bridgehead atoms. The first kappa shape index (κ1) is 16.1. The van der Waals surface area contributed by atoms with E-state index in [4.69, 9.17) is 0 Å². The summed E-state index contributed by atoms with van der Waals surface area (Å²) in [7, 11) is 0. The van der Waals surface area contributed by atoms with Crippen molar-refractivity contribution in [2.24, 2.45) is 0 Å². The molecule has 0 spiro atoms. The molecule has 0 saturated heterocycles. The molecule has 0 saturated carbocycles. The molecule has 5 heteroatoms. The number of pyridine rings is 1. The highest BCUT2D eigenvalue weighted by Gasteiger charge is 2.11. The lowest BCUT2D eigenvalue weighted by Crippen LogP contribution is -2.33. The SMILES string of the molecule is CCCCNC(=O)CCN(Cc1ccncc1)C(C)=O. The van der Waals surface area contributed by atoms with E-state index in [0.717, 1.165) is 18.4 Å². The van der Waals surface area contributed by atoms with E-state index in [1.807, 2.05) is 12.1 Å². The third-order valence-electron chi connectivity index (χ3n) is 3.03. The fraction of sp³-hybridized carbons (Fsp3) is 0.533. The summed E-state index contributed by atoms with van der Waals surface area (Å²) >= 11 is 0. The summed E-state index contributed by atoms with van der Waals surface area (Å²) in [6.07, 6.45) is 5.78. The number of hydrogen-bond acceptors (Lipinski definition) is 3. The summed E-state index contributed by atoms with van der Waals surface area (Å²) in [5, 5.41) is 2.85. The average Bonchev–Trinajstić information content (AvgIpc) is 2.44. The molecule has 0 fully saturated rings. The Bertz CT molecular complexity index is 420. The van der Waals surface area contributed by atoms with Gasteiger partial charge < -0.3 is 10.2 Å². The molecule has 1 N–H and O–H groups in total. The van der Waals surface area contributed by atoms with Crippen LogP contribution in [0.1, 0.15) is 38.7 Å². The number of hydrogen-bond donors (Lipinski definition) is 1. The van der Waals surface area contributed by atoms with Crippen molar-refractivity contribution in [2.45, 2.75) is 39.7 Å². The van der Waals surface area contributed by atoms with E-state index in [-0.39, 0.29) is 11.8 Å². The Morgan fingerprint density at radius 1 is 1.30 bits per heavy atom. The smallest absolute Gasteiger partial charge is 0.221 e. The maximum absolute atomic E-state index is 11.6. The highest BCUT2D eigenvalue weighted by atomic mass is 16.2. The van der Waals surface area contributed by atoms with E-state index in [9.17, 15) is 9.59 Å². The van der Waals surface area contributed by atoms with Crippen molar-refractivity contribution >= 4 is 11.8 Å². The van der Waals surface area contributed by atoms with Gasteiger partial charge in [-0.2, -0.15) is 0 Å². The lowest BCUT2D eigenvalue weighted by molar-refractivity contribution is -0.130. The number of rotatable bonds is 8.